The summed E-state index contributed by atoms with van der Waals surface area (Å²) in [5.74, 6) is 0.597. The predicted molar refractivity (Wildman–Crippen MR) is 83.4 cm³/mol. The number of hydrogen-bond acceptors (Lipinski definition) is 1. The van der Waals surface area contributed by atoms with E-state index in [1.54, 1.807) is 0 Å². The van der Waals surface area contributed by atoms with Gasteiger partial charge in [-0.15, -0.1) is 0 Å². The Morgan fingerprint density at radius 3 is 1.68 bits per heavy atom. The lowest BCUT2D eigenvalue weighted by molar-refractivity contribution is 0.0124. The van der Waals surface area contributed by atoms with Crippen molar-refractivity contribution in [1.29, 1.82) is 0 Å². The molecule has 2 unspecified atom stereocenters. The minimum Gasteiger partial charge on any atom is -0.388 e. The largest absolute Gasteiger partial charge is 0.388 e. The standard InChI is InChI=1S/C18H30O/c1-6-14(5)15-10-12-16(13-11-15)17(19)18(7-2,8-3)9-4/h10-14,17,19H,6-9H2,1-5H3. The molecule has 1 aromatic carbocycles. The molecule has 0 aliphatic rings. The van der Waals surface area contributed by atoms with Gasteiger partial charge in [-0.05, 0) is 48.1 Å². The Morgan fingerprint density at radius 1 is 0.895 bits per heavy atom. The van der Waals surface area contributed by atoms with Gasteiger partial charge in [0, 0.05) is 0 Å². The fourth-order valence-electron chi connectivity index (χ4n) is 2.93. The summed E-state index contributed by atoms with van der Waals surface area (Å²) in [5.41, 5.74) is 2.46. The molecule has 2 atom stereocenters. The van der Waals surface area contributed by atoms with E-state index in [1.807, 2.05) is 0 Å². The Kier molecular flexibility index (Phi) is 6.06. The minimum absolute atomic E-state index is 0.0257. The van der Waals surface area contributed by atoms with E-state index in [9.17, 15) is 5.11 Å². The van der Waals surface area contributed by atoms with Crippen LogP contribution >= 0.6 is 0 Å². The van der Waals surface area contributed by atoms with Crippen LogP contribution in [-0.4, -0.2) is 5.11 Å². The highest BCUT2D eigenvalue weighted by Crippen LogP contribution is 2.43. The lowest BCUT2D eigenvalue weighted by Crippen LogP contribution is -2.27. The molecule has 0 saturated heterocycles. The van der Waals surface area contributed by atoms with Crippen molar-refractivity contribution in [2.45, 2.75) is 72.3 Å². The zero-order valence-electron chi connectivity index (χ0n) is 13.2. The van der Waals surface area contributed by atoms with E-state index in [-0.39, 0.29) is 11.5 Å². The molecule has 1 rings (SSSR count). The van der Waals surface area contributed by atoms with Gasteiger partial charge in [0.05, 0.1) is 6.10 Å². The summed E-state index contributed by atoms with van der Waals surface area (Å²) >= 11 is 0. The topological polar surface area (TPSA) is 20.2 Å². The fraction of sp³-hybridized carbons (Fsp3) is 0.667. The molecule has 0 spiro atoms. The van der Waals surface area contributed by atoms with Crippen molar-refractivity contribution in [1.82, 2.24) is 0 Å². The summed E-state index contributed by atoms with van der Waals surface area (Å²) in [6, 6.07) is 8.58. The van der Waals surface area contributed by atoms with Crippen molar-refractivity contribution in [2.75, 3.05) is 0 Å². The first-order chi connectivity index (χ1) is 9.04. The third kappa shape index (κ3) is 3.39. The van der Waals surface area contributed by atoms with E-state index >= 15 is 0 Å². The molecule has 1 aromatic rings. The van der Waals surface area contributed by atoms with Crippen LogP contribution in [0, 0.1) is 5.41 Å². The van der Waals surface area contributed by atoms with Gasteiger partial charge in [0.1, 0.15) is 0 Å². The second-order valence-electron chi connectivity index (χ2n) is 5.80. The van der Waals surface area contributed by atoms with E-state index in [4.69, 9.17) is 0 Å². The molecule has 0 aliphatic carbocycles. The Hall–Kier alpha value is -0.820. The van der Waals surface area contributed by atoms with Crippen molar-refractivity contribution in [2.24, 2.45) is 5.41 Å². The molecule has 0 aromatic heterocycles. The van der Waals surface area contributed by atoms with Gasteiger partial charge in [-0.2, -0.15) is 0 Å². The first-order valence-electron chi connectivity index (χ1n) is 7.82. The average Bonchev–Trinajstić information content (AvgIpc) is 2.48. The van der Waals surface area contributed by atoms with E-state index in [0.717, 1.165) is 31.2 Å². The van der Waals surface area contributed by atoms with E-state index in [2.05, 4.69) is 58.9 Å². The van der Waals surface area contributed by atoms with Gasteiger partial charge in [-0.25, -0.2) is 0 Å². The van der Waals surface area contributed by atoms with Crippen molar-refractivity contribution < 1.29 is 5.11 Å². The number of aliphatic hydroxyl groups excluding tert-OH is 1. The third-order valence-electron chi connectivity index (χ3n) is 5.13. The number of benzene rings is 1. The minimum atomic E-state index is -0.349. The normalized spacial score (nSPS) is 15.3. The van der Waals surface area contributed by atoms with Crippen LogP contribution in [0.15, 0.2) is 24.3 Å². The third-order valence-corrected chi connectivity index (χ3v) is 5.13. The van der Waals surface area contributed by atoms with Gasteiger partial charge in [0.2, 0.25) is 0 Å². The van der Waals surface area contributed by atoms with Crippen LogP contribution in [0.3, 0.4) is 0 Å². The zero-order chi connectivity index (χ0) is 14.5. The van der Waals surface area contributed by atoms with Crippen LogP contribution in [0.5, 0.6) is 0 Å². The first kappa shape index (κ1) is 16.2. The van der Waals surface area contributed by atoms with Crippen LogP contribution < -0.4 is 0 Å². The molecule has 0 saturated carbocycles. The molecule has 1 nitrogen and oxygen atoms in total. The highest BCUT2D eigenvalue weighted by atomic mass is 16.3. The van der Waals surface area contributed by atoms with E-state index in [0.29, 0.717) is 5.92 Å². The van der Waals surface area contributed by atoms with Crippen LogP contribution in [0.2, 0.25) is 0 Å². The number of aliphatic hydroxyl groups is 1. The average molecular weight is 262 g/mol. The summed E-state index contributed by atoms with van der Waals surface area (Å²) < 4.78 is 0. The molecule has 1 heteroatoms. The Morgan fingerprint density at radius 2 is 1.32 bits per heavy atom. The number of rotatable bonds is 7. The maximum atomic E-state index is 10.7. The second-order valence-corrected chi connectivity index (χ2v) is 5.80. The van der Waals surface area contributed by atoms with Gasteiger partial charge >= 0.3 is 0 Å². The molecule has 0 fully saturated rings. The predicted octanol–water partition coefficient (Wildman–Crippen LogP) is 5.45. The van der Waals surface area contributed by atoms with Gasteiger partial charge in [0.25, 0.3) is 0 Å². The number of hydrogen-bond donors (Lipinski definition) is 1. The smallest absolute Gasteiger partial charge is 0.0845 e. The highest BCUT2D eigenvalue weighted by molar-refractivity contribution is 5.27. The summed E-state index contributed by atoms with van der Waals surface area (Å²) in [7, 11) is 0. The Balaban J connectivity index is 2.96. The fourth-order valence-corrected chi connectivity index (χ4v) is 2.93. The SMILES string of the molecule is CCC(C)c1ccc(C(O)C(CC)(CC)CC)cc1. The first-order valence-corrected chi connectivity index (χ1v) is 7.82. The van der Waals surface area contributed by atoms with Crippen LogP contribution in [0.4, 0.5) is 0 Å². The Labute approximate surface area is 119 Å². The van der Waals surface area contributed by atoms with Crippen LogP contribution in [-0.2, 0) is 0 Å². The molecule has 0 amide bonds. The lowest BCUT2D eigenvalue weighted by Gasteiger charge is -2.36. The summed E-state index contributed by atoms with van der Waals surface area (Å²) in [5, 5.41) is 10.7. The van der Waals surface area contributed by atoms with Gasteiger partial charge in [-0.3, -0.25) is 0 Å². The van der Waals surface area contributed by atoms with Crippen molar-refractivity contribution in [3.8, 4) is 0 Å². The molecular formula is C18H30O. The Bertz CT molecular complexity index is 354. The molecule has 0 radical (unpaired) electrons. The molecule has 0 aliphatic heterocycles. The van der Waals surface area contributed by atoms with E-state index in [1.165, 1.54) is 5.56 Å². The maximum absolute atomic E-state index is 10.7. The van der Waals surface area contributed by atoms with Gasteiger partial charge in [0.15, 0.2) is 0 Å². The molecular weight excluding hydrogens is 232 g/mol. The summed E-state index contributed by atoms with van der Waals surface area (Å²) in [6.07, 6.45) is 3.88. The maximum Gasteiger partial charge on any atom is 0.0845 e. The van der Waals surface area contributed by atoms with Gasteiger partial charge < -0.3 is 5.11 Å². The van der Waals surface area contributed by atoms with Crippen LogP contribution in [0.1, 0.15) is 83.5 Å². The second kappa shape index (κ2) is 7.09. The molecule has 108 valence electrons. The van der Waals surface area contributed by atoms with E-state index < -0.39 is 0 Å². The monoisotopic (exact) mass is 262 g/mol. The summed E-state index contributed by atoms with van der Waals surface area (Å²) in [4.78, 5) is 0. The highest BCUT2D eigenvalue weighted by Gasteiger charge is 2.33. The summed E-state index contributed by atoms with van der Waals surface area (Å²) in [6.45, 7) is 11.0. The molecule has 0 bridgehead atoms. The zero-order valence-corrected chi connectivity index (χ0v) is 13.2. The van der Waals surface area contributed by atoms with Crippen molar-refractivity contribution >= 4 is 0 Å². The van der Waals surface area contributed by atoms with Crippen LogP contribution in [0.25, 0.3) is 0 Å². The van der Waals surface area contributed by atoms with Gasteiger partial charge in [-0.1, -0.05) is 58.9 Å². The van der Waals surface area contributed by atoms with Crippen molar-refractivity contribution in [3.05, 3.63) is 35.4 Å². The molecule has 0 heterocycles. The van der Waals surface area contributed by atoms with Crippen molar-refractivity contribution in [3.63, 3.8) is 0 Å². The lowest BCUT2D eigenvalue weighted by atomic mass is 9.72. The molecule has 19 heavy (non-hydrogen) atoms. The molecule has 1 N–H and O–H groups in total. The quantitative estimate of drug-likeness (QED) is 0.692.